The van der Waals surface area contributed by atoms with Crippen molar-refractivity contribution in [1.82, 2.24) is 4.90 Å². The molecule has 22 heavy (non-hydrogen) atoms. The molecule has 2 bridgehead atoms. The summed E-state index contributed by atoms with van der Waals surface area (Å²) in [6.45, 7) is 0. The van der Waals surface area contributed by atoms with Crippen molar-refractivity contribution in [3.8, 4) is 11.5 Å². The Morgan fingerprint density at radius 1 is 1.27 bits per heavy atom. The Morgan fingerprint density at radius 2 is 2.00 bits per heavy atom. The van der Waals surface area contributed by atoms with E-state index in [9.17, 15) is 4.79 Å². The molecule has 2 fully saturated rings. The monoisotopic (exact) mass is 321 g/mol. The molecular weight excluding hydrogens is 302 g/mol. The summed E-state index contributed by atoms with van der Waals surface area (Å²) in [5.74, 6) is 1.01. The van der Waals surface area contributed by atoms with E-state index in [4.69, 9.17) is 21.1 Å². The molecule has 118 valence electrons. The molecule has 3 heterocycles. The molecule has 1 aromatic rings. The van der Waals surface area contributed by atoms with Crippen LogP contribution in [-0.4, -0.2) is 41.5 Å². The number of ether oxygens (including phenoxy) is 2. The Labute approximate surface area is 135 Å². The van der Waals surface area contributed by atoms with Gasteiger partial charge in [0.2, 0.25) is 0 Å². The van der Waals surface area contributed by atoms with E-state index in [0.29, 0.717) is 24.3 Å². The molecule has 0 N–H and O–H groups in total. The fraction of sp³-hybridized carbons (Fsp3) is 0.588. The van der Waals surface area contributed by atoms with Crippen molar-refractivity contribution in [3.63, 3.8) is 0 Å². The van der Waals surface area contributed by atoms with Gasteiger partial charge in [-0.3, -0.25) is 4.79 Å². The van der Waals surface area contributed by atoms with E-state index in [1.807, 2.05) is 18.2 Å². The topological polar surface area (TPSA) is 38.8 Å². The second kappa shape index (κ2) is 5.43. The third-order valence-corrected chi connectivity index (χ3v) is 5.59. The minimum absolute atomic E-state index is 0.256. The molecule has 3 aliphatic heterocycles. The zero-order chi connectivity index (χ0) is 15.3. The number of carbonyl (C=O) groups excluding carboxylic acids is 1. The maximum absolute atomic E-state index is 11.6. The molecule has 2 saturated heterocycles. The van der Waals surface area contributed by atoms with E-state index in [0.717, 1.165) is 24.2 Å². The summed E-state index contributed by atoms with van der Waals surface area (Å²) in [6.07, 6.45) is 5.49. The summed E-state index contributed by atoms with van der Waals surface area (Å²) in [4.78, 5) is 14.1. The third kappa shape index (κ3) is 2.48. The number of benzene rings is 1. The maximum atomic E-state index is 11.6. The Morgan fingerprint density at radius 3 is 2.73 bits per heavy atom. The van der Waals surface area contributed by atoms with E-state index in [2.05, 4.69) is 11.9 Å². The van der Waals surface area contributed by atoms with Crippen LogP contribution in [0.3, 0.4) is 0 Å². The summed E-state index contributed by atoms with van der Waals surface area (Å²) in [6, 6.07) is 7.04. The van der Waals surface area contributed by atoms with Crippen molar-refractivity contribution in [2.45, 2.75) is 55.7 Å². The van der Waals surface area contributed by atoms with Gasteiger partial charge in [-0.15, -0.1) is 11.6 Å². The first-order valence-corrected chi connectivity index (χ1v) is 8.41. The van der Waals surface area contributed by atoms with Crippen molar-refractivity contribution in [2.75, 3.05) is 7.05 Å². The number of hydrogen-bond acceptors (Lipinski definition) is 4. The number of piperidine rings is 1. The van der Waals surface area contributed by atoms with E-state index >= 15 is 0 Å². The first-order chi connectivity index (χ1) is 10.6. The average molecular weight is 322 g/mol. The molecule has 0 aliphatic carbocycles. The predicted molar refractivity (Wildman–Crippen MR) is 83.6 cm³/mol. The Bertz CT molecular complexity index is 592. The summed E-state index contributed by atoms with van der Waals surface area (Å²) in [5.41, 5.74) is 0.968. The van der Waals surface area contributed by atoms with Crippen LogP contribution in [0.1, 0.15) is 31.2 Å². The largest absolute Gasteiger partial charge is 0.490 e. The molecule has 1 aromatic carbocycles. The molecule has 0 radical (unpaired) electrons. The highest BCUT2D eigenvalue weighted by molar-refractivity contribution is 6.30. The van der Waals surface area contributed by atoms with Gasteiger partial charge < -0.3 is 14.4 Å². The quantitative estimate of drug-likeness (QED) is 0.477. The lowest BCUT2D eigenvalue weighted by Gasteiger charge is -2.36. The van der Waals surface area contributed by atoms with Crippen LogP contribution in [0, 0.1) is 0 Å². The number of alkyl halides is 1. The number of halogens is 1. The van der Waals surface area contributed by atoms with E-state index < -0.39 is 5.38 Å². The number of rotatable bonds is 2. The molecule has 4 rings (SSSR count). The van der Waals surface area contributed by atoms with Crippen molar-refractivity contribution in [2.24, 2.45) is 0 Å². The number of nitrogens with zero attached hydrogens (tertiary/aromatic N) is 1. The van der Waals surface area contributed by atoms with Gasteiger partial charge >= 0.3 is 5.97 Å². The van der Waals surface area contributed by atoms with Crippen LogP contribution in [0.25, 0.3) is 0 Å². The van der Waals surface area contributed by atoms with Crippen molar-refractivity contribution >= 4 is 17.6 Å². The van der Waals surface area contributed by atoms with Crippen LogP contribution in [0.4, 0.5) is 0 Å². The highest BCUT2D eigenvalue weighted by Crippen LogP contribution is 2.37. The average Bonchev–Trinajstić information content (AvgIpc) is 2.71. The number of carbonyl (C=O) groups is 1. The minimum atomic E-state index is -0.580. The van der Waals surface area contributed by atoms with E-state index in [1.54, 1.807) is 0 Å². The van der Waals surface area contributed by atoms with Crippen molar-refractivity contribution < 1.29 is 14.3 Å². The van der Waals surface area contributed by atoms with Crippen LogP contribution < -0.4 is 9.47 Å². The van der Waals surface area contributed by atoms with Gasteiger partial charge in [0.1, 0.15) is 23.0 Å². The van der Waals surface area contributed by atoms with Crippen molar-refractivity contribution in [3.05, 3.63) is 23.8 Å². The second-order valence-electron chi connectivity index (χ2n) is 6.62. The fourth-order valence-electron chi connectivity index (χ4n) is 3.97. The van der Waals surface area contributed by atoms with Gasteiger partial charge in [-0.05, 0) is 44.4 Å². The SMILES string of the molecule is CN1C2CCC1CC(Oc1ccc3c(c1)OC(=O)C(Cl)C3)C2. The molecule has 4 nitrogen and oxygen atoms in total. The van der Waals surface area contributed by atoms with Crippen LogP contribution in [0.15, 0.2) is 18.2 Å². The van der Waals surface area contributed by atoms with Gasteiger partial charge in [-0.1, -0.05) is 6.07 Å². The normalized spacial score (nSPS) is 34.2. The predicted octanol–water partition coefficient (Wildman–Crippen LogP) is 2.76. The molecule has 0 amide bonds. The summed E-state index contributed by atoms with van der Waals surface area (Å²) in [7, 11) is 2.22. The first kappa shape index (κ1) is 14.3. The Balaban J connectivity index is 1.48. The summed E-state index contributed by atoms with van der Waals surface area (Å²) >= 11 is 5.93. The smallest absolute Gasteiger partial charge is 0.329 e. The van der Waals surface area contributed by atoms with Gasteiger partial charge in [0, 0.05) is 24.6 Å². The maximum Gasteiger partial charge on any atom is 0.329 e. The first-order valence-electron chi connectivity index (χ1n) is 7.97. The van der Waals surface area contributed by atoms with Crippen LogP contribution in [0.5, 0.6) is 11.5 Å². The van der Waals surface area contributed by atoms with Crippen LogP contribution >= 0.6 is 11.6 Å². The molecule has 3 aliphatic rings. The van der Waals surface area contributed by atoms with Gasteiger partial charge in [0.15, 0.2) is 0 Å². The molecule has 0 saturated carbocycles. The molecule has 5 heteroatoms. The lowest BCUT2D eigenvalue weighted by Crippen LogP contribution is -2.43. The van der Waals surface area contributed by atoms with E-state index in [-0.39, 0.29) is 12.1 Å². The van der Waals surface area contributed by atoms with E-state index in [1.165, 1.54) is 12.8 Å². The van der Waals surface area contributed by atoms with Gasteiger partial charge in [-0.25, -0.2) is 0 Å². The number of fused-ring (bicyclic) bond motifs is 3. The van der Waals surface area contributed by atoms with Gasteiger partial charge in [0.05, 0.1) is 0 Å². The number of hydrogen-bond donors (Lipinski definition) is 0. The molecule has 0 spiro atoms. The molecule has 3 unspecified atom stereocenters. The highest BCUT2D eigenvalue weighted by Gasteiger charge is 2.39. The molecule has 3 atom stereocenters. The lowest BCUT2D eigenvalue weighted by molar-refractivity contribution is -0.134. The zero-order valence-electron chi connectivity index (χ0n) is 12.6. The standard InChI is InChI=1S/C17H20ClNO3/c1-19-11-3-4-12(19)8-14(7-11)21-13-5-2-10-6-15(18)17(20)22-16(10)9-13/h2,5,9,11-12,14-15H,3-4,6-8H2,1H3. The molecule has 0 aromatic heterocycles. The van der Waals surface area contributed by atoms with Crippen molar-refractivity contribution in [1.29, 1.82) is 0 Å². The Hall–Kier alpha value is -1.26. The molecular formula is C17H20ClNO3. The number of esters is 1. The minimum Gasteiger partial charge on any atom is -0.490 e. The van der Waals surface area contributed by atoms with Gasteiger partial charge in [-0.2, -0.15) is 0 Å². The highest BCUT2D eigenvalue weighted by atomic mass is 35.5. The van der Waals surface area contributed by atoms with Gasteiger partial charge in [0.25, 0.3) is 0 Å². The lowest BCUT2D eigenvalue weighted by atomic mass is 10.0. The van der Waals surface area contributed by atoms with Crippen LogP contribution in [0.2, 0.25) is 0 Å². The van der Waals surface area contributed by atoms with Crippen LogP contribution in [-0.2, 0) is 11.2 Å². The fourth-order valence-corrected chi connectivity index (χ4v) is 4.18. The zero-order valence-corrected chi connectivity index (χ0v) is 13.4. The Kier molecular flexibility index (Phi) is 3.54. The third-order valence-electron chi connectivity index (χ3n) is 5.26. The summed E-state index contributed by atoms with van der Waals surface area (Å²) < 4.78 is 11.4. The second-order valence-corrected chi connectivity index (χ2v) is 7.15. The summed E-state index contributed by atoms with van der Waals surface area (Å²) in [5, 5.41) is -0.580.